The molecule has 0 radical (unpaired) electrons. The maximum Gasteiger partial charge on any atom is 0.306 e. The second-order valence-electron chi connectivity index (χ2n) is 15.7. The Kier molecular flexibility index (Phi) is 43.0. The Morgan fingerprint density at radius 1 is 0.375 bits per heavy atom. The van der Waals surface area contributed by atoms with Crippen molar-refractivity contribution in [2.45, 2.75) is 239 Å². The topological polar surface area (TPSA) is 78.9 Å². The number of unbranched alkanes of at least 4 members (excludes halogenated alkanes) is 25. The summed E-state index contributed by atoms with van der Waals surface area (Å²) in [7, 11) is 0. The molecule has 0 aromatic carbocycles. The van der Waals surface area contributed by atoms with Gasteiger partial charge in [-0.1, -0.05) is 198 Å². The second-order valence-corrected chi connectivity index (χ2v) is 15.7. The molecule has 56 heavy (non-hydrogen) atoms. The molecule has 0 aliphatic heterocycles. The lowest BCUT2D eigenvalue weighted by molar-refractivity contribution is -0.167. The summed E-state index contributed by atoms with van der Waals surface area (Å²) in [5.41, 5.74) is 0. The smallest absolute Gasteiger partial charge is 0.306 e. The summed E-state index contributed by atoms with van der Waals surface area (Å²) < 4.78 is 16.7. The lowest BCUT2D eigenvalue weighted by Crippen LogP contribution is -2.30. The lowest BCUT2D eigenvalue weighted by atomic mass is 10.1. The van der Waals surface area contributed by atoms with Crippen molar-refractivity contribution in [1.82, 2.24) is 0 Å². The molecule has 0 saturated heterocycles. The summed E-state index contributed by atoms with van der Waals surface area (Å²) in [6, 6.07) is 0. The van der Waals surface area contributed by atoms with E-state index in [1.165, 1.54) is 109 Å². The van der Waals surface area contributed by atoms with Gasteiger partial charge < -0.3 is 14.2 Å². The number of rotatable bonds is 42. The third-order valence-electron chi connectivity index (χ3n) is 10.1. The number of hydrogen-bond donors (Lipinski definition) is 0. The van der Waals surface area contributed by atoms with Gasteiger partial charge in [-0.05, 0) is 64.2 Å². The van der Waals surface area contributed by atoms with Crippen molar-refractivity contribution in [2.75, 3.05) is 13.2 Å². The van der Waals surface area contributed by atoms with Gasteiger partial charge in [-0.3, -0.25) is 14.4 Å². The number of esters is 3. The first-order valence-electron chi connectivity index (χ1n) is 23.7. The van der Waals surface area contributed by atoms with Crippen molar-refractivity contribution < 1.29 is 28.6 Å². The van der Waals surface area contributed by atoms with Gasteiger partial charge in [0.25, 0.3) is 0 Å². The summed E-state index contributed by atoms with van der Waals surface area (Å²) in [6.45, 7) is 6.46. The van der Waals surface area contributed by atoms with Crippen LogP contribution in [0.25, 0.3) is 0 Å². The molecule has 1 atom stereocenters. The molecule has 324 valence electrons. The first kappa shape index (κ1) is 53.4. The maximum atomic E-state index is 12.7. The van der Waals surface area contributed by atoms with E-state index in [0.717, 1.165) is 83.5 Å². The van der Waals surface area contributed by atoms with Gasteiger partial charge >= 0.3 is 17.9 Å². The Bertz CT molecular complexity index is 996. The third kappa shape index (κ3) is 42.5. The Hall–Kier alpha value is -2.63. The molecule has 0 spiro atoms. The van der Waals surface area contributed by atoms with Crippen molar-refractivity contribution in [3.63, 3.8) is 0 Å². The van der Waals surface area contributed by atoms with E-state index in [2.05, 4.69) is 69.4 Å². The van der Waals surface area contributed by atoms with E-state index in [0.29, 0.717) is 19.3 Å². The van der Waals surface area contributed by atoms with E-state index in [1.54, 1.807) is 0 Å². The van der Waals surface area contributed by atoms with Crippen LogP contribution in [-0.4, -0.2) is 37.2 Å². The van der Waals surface area contributed by atoms with E-state index in [4.69, 9.17) is 14.2 Å². The van der Waals surface area contributed by atoms with Crippen molar-refractivity contribution in [2.24, 2.45) is 0 Å². The van der Waals surface area contributed by atoms with Gasteiger partial charge in [-0.15, -0.1) is 0 Å². The molecule has 0 amide bonds. The van der Waals surface area contributed by atoms with Crippen molar-refractivity contribution in [3.8, 4) is 0 Å². The van der Waals surface area contributed by atoms with E-state index >= 15 is 0 Å². The average Bonchev–Trinajstić information content (AvgIpc) is 3.19. The first-order chi connectivity index (χ1) is 27.5. The van der Waals surface area contributed by atoms with Crippen LogP contribution in [0.15, 0.2) is 48.6 Å². The van der Waals surface area contributed by atoms with Gasteiger partial charge in [0.15, 0.2) is 6.10 Å². The van der Waals surface area contributed by atoms with Crippen molar-refractivity contribution in [3.05, 3.63) is 48.6 Å². The molecule has 0 aliphatic rings. The van der Waals surface area contributed by atoms with Crippen molar-refractivity contribution >= 4 is 17.9 Å². The second kappa shape index (κ2) is 45.1. The van der Waals surface area contributed by atoms with E-state index in [1.807, 2.05) is 0 Å². The molecule has 0 N–H and O–H groups in total. The predicted octanol–water partition coefficient (Wildman–Crippen LogP) is 15.1. The van der Waals surface area contributed by atoms with Gasteiger partial charge in [-0.25, -0.2) is 0 Å². The zero-order valence-corrected chi connectivity index (χ0v) is 36.9. The monoisotopic (exact) mass is 785 g/mol. The molecular formula is C50H88O6. The van der Waals surface area contributed by atoms with E-state index in [9.17, 15) is 14.4 Å². The largest absolute Gasteiger partial charge is 0.462 e. The normalized spacial score (nSPS) is 12.4. The Balaban J connectivity index is 4.39. The van der Waals surface area contributed by atoms with Crippen LogP contribution < -0.4 is 0 Å². The highest BCUT2D eigenvalue weighted by molar-refractivity contribution is 5.71. The minimum absolute atomic E-state index is 0.0815. The Morgan fingerprint density at radius 3 is 1.14 bits per heavy atom. The van der Waals surface area contributed by atoms with Gasteiger partial charge in [0.1, 0.15) is 13.2 Å². The van der Waals surface area contributed by atoms with Gasteiger partial charge in [0.05, 0.1) is 0 Å². The predicted molar refractivity (Wildman–Crippen MR) is 238 cm³/mol. The molecule has 0 fully saturated rings. The van der Waals surface area contributed by atoms with Crippen LogP contribution in [-0.2, 0) is 28.6 Å². The summed E-state index contributed by atoms with van der Waals surface area (Å²) in [4.78, 5) is 37.8. The summed E-state index contributed by atoms with van der Waals surface area (Å²) >= 11 is 0. The third-order valence-corrected chi connectivity index (χ3v) is 10.1. The molecule has 0 rings (SSSR count). The summed E-state index contributed by atoms with van der Waals surface area (Å²) in [5.74, 6) is -0.910. The molecule has 6 nitrogen and oxygen atoms in total. The van der Waals surface area contributed by atoms with Crippen LogP contribution in [0.2, 0.25) is 0 Å². The average molecular weight is 785 g/mol. The summed E-state index contributed by atoms with van der Waals surface area (Å²) in [5, 5.41) is 0. The molecular weight excluding hydrogens is 697 g/mol. The fraction of sp³-hybridized carbons (Fsp3) is 0.780. The number of hydrogen-bond acceptors (Lipinski definition) is 6. The summed E-state index contributed by atoms with van der Waals surface area (Å²) in [6.07, 6.45) is 52.3. The van der Waals surface area contributed by atoms with Crippen LogP contribution in [0.1, 0.15) is 233 Å². The number of ether oxygens (including phenoxy) is 3. The molecule has 0 heterocycles. The highest BCUT2D eigenvalue weighted by atomic mass is 16.6. The van der Waals surface area contributed by atoms with Gasteiger partial charge in [-0.2, -0.15) is 0 Å². The first-order valence-corrected chi connectivity index (χ1v) is 23.7. The minimum atomic E-state index is -0.781. The number of allylic oxidation sites excluding steroid dienone is 8. The molecule has 0 aliphatic carbocycles. The fourth-order valence-electron chi connectivity index (χ4n) is 6.55. The lowest BCUT2D eigenvalue weighted by Gasteiger charge is -2.18. The highest BCUT2D eigenvalue weighted by Crippen LogP contribution is 2.14. The van der Waals surface area contributed by atoms with E-state index < -0.39 is 6.10 Å². The molecule has 0 bridgehead atoms. The van der Waals surface area contributed by atoms with Gasteiger partial charge in [0.2, 0.25) is 0 Å². The Morgan fingerprint density at radius 2 is 0.714 bits per heavy atom. The molecule has 0 aromatic heterocycles. The van der Waals surface area contributed by atoms with Crippen LogP contribution >= 0.6 is 0 Å². The van der Waals surface area contributed by atoms with Crippen LogP contribution in [0.3, 0.4) is 0 Å². The van der Waals surface area contributed by atoms with Crippen LogP contribution in [0.5, 0.6) is 0 Å². The zero-order chi connectivity index (χ0) is 40.8. The number of carbonyl (C=O) groups is 3. The van der Waals surface area contributed by atoms with Crippen LogP contribution in [0.4, 0.5) is 0 Å². The van der Waals surface area contributed by atoms with Gasteiger partial charge in [0, 0.05) is 19.3 Å². The highest BCUT2D eigenvalue weighted by Gasteiger charge is 2.19. The van der Waals surface area contributed by atoms with Crippen molar-refractivity contribution in [1.29, 1.82) is 0 Å². The molecule has 1 unspecified atom stereocenters. The van der Waals surface area contributed by atoms with Crippen LogP contribution in [0, 0.1) is 0 Å². The SMILES string of the molecule is CC\C=C/C=C\C=C/CCCCCCCCCC(=O)OCC(COC(=O)CCCCCCCCCCCC)OC(=O)CCCCC/C=C\CCCCCCCC. The Labute approximate surface area is 346 Å². The molecule has 6 heteroatoms. The molecule has 0 aromatic rings. The number of carbonyl (C=O) groups excluding carboxylic acids is 3. The standard InChI is InChI=1S/C50H88O6/c1-4-7-10-13-16-19-22-24-25-27-28-31-34-37-40-43-49(52)55-46-47(45-54-48(51)42-39-36-33-30-21-18-15-12-9-6-3)56-50(53)44-41-38-35-32-29-26-23-20-17-14-11-8-5-2/h7,10,13,16,19,22,26,29,47H,4-6,8-9,11-12,14-15,17-18,20-21,23-25,27-28,30-46H2,1-3H3/b10-7-,16-13-,22-19-,29-26-. The quantitative estimate of drug-likeness (QED) is 0.0202. The minimum Gasteiger partial charge on any atom is -0.462 e. The molecule has 0 saturated carbocycles. The zero-order valence-electron chi connectivity index (χ0n) is 36.9. The fourth-order valence-corrected chi connectivity index (χ4v) is 6.55. The van der Waals surface area contributed by atoms with E-state index in [-0.39, 0.29) is 31.1 Å². The maximum absolute atomic E-state index is 12.7.